The summed E-state index contributed by atoms with van der Waals surface area (Å²) in [6.07, 6.45) is 4.31. The third-order valence-electron chi connectivity index (χ3n) is 3.76. The van der Waals surface area contributed by atoms with Gasteiger partial charge in [-0.05, 0) is 47.0 Å². The zero-order valence-electron chi connectivity index (χ0n) is 12.0. The van der Waals surface area contributed by atoms with E-state index in [9.17, 15) is 4.79 Å². The highest BCUT2D eigenvalue weighted by atomic mass is 79.9. The number of benzene rings is 1. The Bertz CT molecular complexity index is 544. The van der Waals surface area contributed by atoms with Crippen molar-refractivity contribution in [2.24, 2.45) is 5.73 Å². The Morgan fingerprint density at radius 3 is 2.71 bits per heavy atom. The van der Waals surface area contributed by atoms with Gasteiger partial charge in [-0.3, -0.25) is 4.79 Å². The zero-order chi connectivity index (χ0) is 15.4. The summed E-state index contributed by atoms with van der Waals surface area (Å²) in [4.78, 5) is 15.0. The van der Waals surface area contributed by atoms with E-state index < -0.39 is 0 Å². The molecule has 4 nitrogen and oxygen atoms in total. The van der Waals surface area contributed by atoms with Crippen LogP contribution in [0.5, 0.6) is 5.75 Å². The van der Waals surface area contributed by atoms with Crippen molar-refractivity contribution in [2.75, 3.05) is 13.7 Å². The van der Waals surface area contributed by atoms with Gasteiger partial charge in [-0.2, -0.15) is 0 Å². The highest BCUT2D eigenvalue weighted by Crippen LogP contribution is 2.28. The number of nitrogens with zero attached hydrogens (tertiary/aromatic N) is 1. The normalized spacial score (nSPS) is 15.0. The molecular weight excluding hydrogens is 352 g/mol. The van der Waals surface area contributed by atoms with Crippen LogP contribution in [0.3, 0.4) is 0 Å². The van der Waals surface area contributed by atoms with Crippen LogP contribution in [0.4, 0.5) is 0 Å². The second-order valence-electron chi connectivity index (χ2n) is 5.18. The molecule has 0 aliphatic heterocycles. The summed E-state index contributed by atoms with van der Waals surface area (Å²) in [5.74, 6) is 0.601. The minimum atomic E-state index is -0.0551. The minimum Gasteiger partial charge on any atom is -0.497 e. The van der Waals surface area contributed by atoms with Gasteiger partial charge < -0.3 is 15.4 Å². The molecule has 0 bridgehead atoms. The van der Waals surface area contributed by atoms with E-state index in [-0.39, 0.29) is 11.9 Å². The van der Waals surface area contributed by atoms with Crippen molar-refractivity contribution in [2.45, 2.75) is 31.7 Å². The molecular formula is C15H19BrN2O2S. The molecule has 0 radical (unpaired) electrons. The molecule has 1 aliphatic carbocycles. The Balaban J connectivity index is 2.30. The lowest BCUT2D eigenvalue weighted by atomic mass is 10.1. The predicted molar refractivity (Wildman–Crippen MR) is 90.8 cm³/mol. The second kappa shape index (κ2) is 7.22. The quantitative estimate of drug-likeness (QED) is 0.808. The van der Waals surface area contributed by atoms with Crippen molar-refractivity contribution in [3.8, 4) is 5.75 Å². The fourth-order valence-electron chi connectivity index (χ4n) is 2.70. The number of hydrogen-bond acceptors (Lipinski definition) is 3. The van der Waals surface area contributed by atoms with Gasteiger partial charge >= 0.3 is 0 Å². The Kier molecular flexibility index (Phi) is 5.58. The molecule has 0 unspecified atom stereocenters. The maximum atomic E-state index is 12.9. The molecule has 0 aromatic heterocycles. The van der Waals surface area contributed by atoms with Gasteiger partial charge in [0.15, 0.2) is 0 Å². The summed E-state index contributed by atoms with van der Waals surface area (Å²) in [6, 6.07) is 5.60. The van der Waals surface area contributed by atoms with Crippen LogP contribution in [0, 0.1) is 0 Å². The highest BCUT2D eigenvalue weighted by molar-refractivity contribution is 9.10. The van der Waals surface area contributed by atoms with Crippen molar-refractivity contribution in [1.29, 1.82) is 0 Å². The molecule has 0 atom stereocenters. The van der Waals surface area contributed by atoms with E-state index in [1.54, 1.807) is 18.1 Å². The molecule has 21 heavy (non-hydrogen) atoms. The van der Waals surface area contributed by atoms with Crippen molar-refractivity contribution < 1.29 is 9.53 Å². The van der Waals surface area contributed by atoms with Crippen molar-refractivity contribution in [1.82, 2.24) is 4.90 Å². The largest absolute Gasteiger partial charge is 0.497 e. The first kappa shape index (κ1) is 16.2. The number of halogens is 1. The smallest absolute Gasteiger partial charge is 0.255 e. The SMILES string of the molecule is COc1ccc(Br)c(C(=O)N(CC(N)=S)C2CCCC2)c1. The van der Waals surface area contributed by atoms with Crippen LogP contribution in [0.25, 0.3) is 0 Å². The van der Waals surface area contributed by atoms with Crippen LogP contribution in [0.1, 0.15) is 36.0 Å². The Labute approximate surface area is 138 Å². The lowest BCUT2D eigenvalue weighted by Gasteiger charge is -2.29. The molecule has 2 rings (SSSR count). The van der Waals surface area contributed by atoms with Crippen molar-refractivity contribution in [3.05, 3.63) is 28.2 Å². The molecule has 1 aromatic rings. The van der Waals surface area contributed by atoms with Crippen LogP contribution in [-0.4, -0.2) is 35.5 Å². The van der Waals surface area contributed by atoms with E-state index in [0.717, 1.165) is 30.2 Å². The van der Waals surface area contributed by atoms with Crippen LogP contribution in [0.2, 0.25) is 0 Å². The third kappa shape index (κ3) is 3.95. The maximum absolute atomic E-state index is 12.9. The molecule has 1 fully saturated rings. The molecule has 1 aromatic carbocycles. The summed E-state index contributed by atoms with van der Waals surface area (Å²) in [7, 11) is 1.58. The van der Waals surface area contributed by atoms with Crippen molar-refractivity contribution >= 4 is 39.0 Å². The summed E-state index contributed by atoms with van der Waals surface area (Å²) in [6.45, 7) is 0.322. The van der Waals surface area contributed by atoms with Crippen LogP contribution < -0.4 is 10.5 Å². The minimum absolute atomic E-state index is 0.0551. The third-order valence-corrected chi connectivity index (χ3v) is 4.58. The van der Waals surface area contributed by atoms with Crippen LogP contribution >= 0.6 is 28.1 Å². The first-order valence-corrected chi connectivity index (χ1v) is 8.16. The average Bonchev–Trinajstić information content (AvgIpc) is 2.98. The number of carbonyl (C=O) groups is 1. The highest BCUT2D eigenvalue weighted by Gasteiger charge is 2.29. The summed E-state index contributed by atoms with van der Waals surface area (Å²) >= 11 is 8.44. The monoisotopic (exact) mass is 370 g/mol. The lowest BCUT2D eigenvalue weighted by molar-refractivity contribution is 0.0713. The number of thiocarbonyl (C=S) groups is 1. The zero-order valence-corrected chi connectivity index (χ0v) is 14.4. The number of amides is 1. The van der Waals surface area contributed by atoms with Gasteiger partial charge in [-0.25, -0.2) is 0 Å². The topological polar surface area (TPSA) is 55.6 Å². The van der Waals surface area contributed by atoms with Gasteiger partial charge in [0.05, 0.1) is 24.2 Å². The van der Waals surface area contributed by atoms with E-state index >= 15 is 0 Å². The maximum Gasteiger partial charge on any atom is 0.255 e. The molecule has 1 aliphatic rings. The van der Waals surface area contributed by atoms with E-state index in [0.29, 0.717) is 22.8 Å². The summed E-state index contributed by atoms with van der Waals surface area (Å²) < 4.78 is 5.95. The molecule has 2 N–H and O–H groups in total. The van der Waals surface area contributed by atoms with Gasteiger partial charge in [-0.15, -0.1) is 0 Å². The van der Waals surface area contributed by atoms with Crippen LogP contribution in [0.15, 0.2) is 22.7 Å². The number of methoxy groups -OCH3 is 1. The molecule has 1 saturated carbocycles. The second-order valence-corrected chi connectivity index (χ2v) is 6.56. The van der Waals surface area contributed by atoms with Gasteiger partial charge in [0.25, 0.3) is 5.91 Å². The number of rotatable bonds is 5. The fourth-order valence-corrected chi connectivity index (χ4v) is 3.26. The van der Waals surface area contributed by atoms with E-state index in [1.165, 1.54) is 0 Å². The molecule has 1 amide bonds. The Morgan fingerprint density at radius 1 is 1.48 bits per heavy atom. The first-order valence-electron chi connectivity index (χ1n) is 6.95. The van der Waals surface area contributed by atoms with Crippen molar-refractivity contribution in [3.63, 3.8) is 0 Å². The number of hydrogen-bond donors (Lipinski definition) is 1. The number of nitrogens with two attached hydrogens (primary N) is 1. The van der Waals surface area contributed by atoms with Crippen LogP contribution in [-0.2, 0) is 0 Å². The van der Waals surface area contributed by atoms with E-state index in [1.807, 2.05) is 12.1 Å². The number of ether oxygens (including phenoxy) is 1. The van der Waals surface area contributed by atoms with Gasteiger partial charge in [0.2, 0.25) is 0 Å². The van der Waals surface area contributed by atoms with Gasteiger partial charge in [0.1, 0.15) is 5.75 Å². The lowest BCUT2D eigenvalue weighted by Crippen LogP contribution is -2.43. The molecule has 0 heterocycles. The summed E-state index contributed by atoms with van der Waals surface area (Å²) in [5, 5.41) is 0. The molecule has 0 saturated heterocycles. The molecule has 0 spiro atoms. The predicted octanol–water partition coefficient (Wildman–Crippen LogP) is 3.13. The Morgan fingerprint density at radius 2 is 2.14 bits per heavy atom. The van der Waals surface area contributed by atoms with E-state index in [4.69, 9.17) is 22.7 Å². The van der Waals surface area contributed by atoms with Gasteiger partial charge in [0, 0.05) is 10.5 Å². The Hall–Kier alpha value is -1.14. The standard InChI is InChI=1S/C15H19BrN2O2S/c1-20-11-6-7-13(16)12(8-11)15(19)18(9-14(17)21)10-4-2-3-5-10/h6-8,10H,2-5,9H2,1H3,(H2,17,21). The van der Waals surface area contributed by atoms with Gasteiger partial charge in [-0.1, -0.05) is 25.1 Å². The number of carbonyl (C=O) groups excluding carboxylic acids is 1. The molecule has 114 valence electrons. The average molecular weight is 371 g/mol. The fraction of sp³-hybridized carbons (Fsp3) is 0.467. The van der Waals surface area contributed by atoms with E-state index in [2.05, 4.69) is 15.9 Å². The first-order chi connectivity index (χ1) is 10.0. The summed E-state index contributed by atoms with van der Waals surface area (Å²) in [5.41, 5.74) is 6.25. The molecule has 6 heteroatoms.